The molecule has 0 spiro atoms. The van der Waals surface area contributed by atoms with Crippen molar-refractivity contribution in [2.45, 2.75) is 51.4 Å². The van der Waals surface area contributed by atoms with Crippen LogP contribution < -0.4 is 0 Å². The van der Waals surface area contributed by atoms with Crippen molar-refractivity contribution in [3.8, 4) is 12.3 Å². The normalized spacial score (nSPS) is 28.3. The molecule has 0 saturated heterocycles. The molecule has 0 N–H and O–H groups in total. The van der Waals surface area contributed by atoms with Crippen molar-refractivity contribution in [3.05, 3.63) is 0 Å². The first kappa shape index (κ1) is 10.8. The van der Waals surface area contributed by atoms with E-state index < -0.39 is 8.32 Å². The Morgan fingerprint density at radius 1 is 1.38 bits per heavy atom. The molecule has 0 bridgehead atoms. The summed E-state index contributed by atoms with van der Waals surface area (Å²) in [5.41, 5.74) is 0. The van der Waals surface area contributed by atoms with E-state index in [9.17, 15) is 0 Å². The molecule has 0 radical (unpaired) electrons. The van der Waals surface area contributed by atoms with E-state index in [1.807, 2.05) is 0 Å². The van der Waals surface area contributed by atoms with Crippen LogP contribution in [0.3, 0.4) is 0 Å². The number of hydrogen-bond donors (Lipinski definition) is 0. The monoisotopic (exact) mass is 196 g/mol. The van der Waals surface area contributed by atoms with Crippen molar-refractivity contribution in [3.63, 3.8) is 0 Å². The second-order valence-corrected chi connectivity index (χ2v) is 10.2. The fraction of sp³-hybridized carbons (Fsp3) is 0.818. The molecule has 13 heavy (non-hydrogen) atoms. The molecule has 2 atom stereocenters. The predicted molar refractivity (Wildman–Crippen MR) is 59.0 cm³/mol. The molecule has 0 aliphatic heterocycles. The van der Waals surface area contributed by atoms with Gasteiger partial charge in [-0.15, -0.1) is 12.3 Å². The minimum Gasteiger partial charge on any atom is -0.413 e. The van der Waals surface area contributed by atoms with Crippen LogP contribution in [0.2, 0.25) is 18.1 Å². The van der Waals surface area contributed by atoms with Gasteiger partial charge < -0.3 is 4.43 Å². The van der Waals surface area contributed by atoms with Crippen molar-refractivity contribution in [1.29, 1.82) is 0 Å². The predicted octanol–water partition coefficient (Wildman–Crippen LogP) is 3.03. The van der Waals surface area contributed by atoms with Gasteiger partial charge in [-0.25, -0.2) is 0 Å². The summed E-state index contributed by atoms with van der Waals surface area (Å²) in [4.78, 5) is 0. The Bertz CT molecular complexity index is 231. The van der Waals surface area contributed by atoms with Crippen LogP contribution in [0.1, 0.15) is 27.2 Å². The number of hydrogen-bond acceptors (Lipinski definition) is 1. The van der Waals surface area contributed by atoms with Crippen LogP contribution in [0, 0.1) is 18.3 Å². The largest absolute Gasteiger partial charge is 0.413 e. The van der Waals surface area contributed by atoms with Gasteiger partial charge in [-0.2, -0.15) is 0 Å². The smallest absolute Gasteiger partial charge is 0.192 e. The standard InChI is InChI=1S/C11H20OSi/c1-7-9-8-10(9)12-13(5,6)11(2,3)4/h1,9-10H,8H2,2-6H3/t9-,10-/m0/s1. The minimum absolute atomic E-state index is 0.300. The molecule has 1 aliphatic carbocycles. The van der Waals surface area contributed by atoms with Crippen LogP contribution in [-0.4, -0.2) is 14.4 Å². The third-order valence-electron chi connectivity index (χ3n) is 3.20. The van der Waals surface area contributed by atoms with E-state index in [0.717, 1.165) is 6.42 Å². The molecule has 0 unspecified atom stereocenters. The van der Waals surface area contributed by atoms with Gasteiger partial charge in [0.05, 0.1) is 6.10 Å². The van der Waals surface area contributed by atoms with Gasteiger partial charge >= 0.3 is 0 Å². The van der Waals surface area contributed by atoms with Crippen LogP contribution in [0.4, 0.5) is 0 Å². The van der Waals surface area contributed by atoms with Gasteiger partial charge in [0.2, 0.25) is 0 Å². The van der Waals surface area contributed by atoms with Gasteiger partial charge in [-0.05, 0) is 24.6 Å². The SMILES string of the molecule is C#C[C@H]1C[C@@H]1O[Si](C)(C)C(C)(C)C. The van der Waals surface area contributed by atoms with E-state index in [1.165, 1.54) is 0 Å². The lowest BCUT2D eigenvalue weighted by molar-refractivity contribution is 0.265. The molecular formula is C11H20OSi. The van der Waals surface area contributed by atoms with E-state index in [-0.39, 0.29) is 0 Å². The molecule has 1 saturated carbocycles. The van der Waals surface area contributed by atoms with Gasteiger partial charge in [-0.3, -0.25) is 0 Å². The summed E-state index contributed by atoms with van der Waals surface area (Å²) in [6.07, 6.45) is 6.78. The lowest BCUT2D eigenvalue weighted by Gasteiger charge is -2.36. The summed E-state index contributed by atoms with van der Waals surface area (Å²) in [7, 11) is -1.56. The summed E-state index contributed by atoms with van der Waals surface area (Å²) in [5, 5.41) is 0.300. The topological polar surface area (TPSA) is 9.23 Å². The average Bonchev–Trinajstić information content (AvgIpc) is 2.63. The van der Waals surface area contributed by atoms with E-state index >= 15 is 0 Å². The van der Waals surface area contributed by atoms with E-state index in [0.29, 0.717) is 17.1 Å². The highest BCUT2D eigenvalue weighted by Gasteiger charge is 2.46. The maximum Gasteiger partial charge on any atom is 0.192 e. The third kappa shape index (κ3) is 2.36. The Hall–Kier alpha value is -0.263. The molecule has 0 aromatic heterocycles. The highest BCUT2D eigenvalue weighted by molar-refractivity contribution is 6.74. The summed E-state index contributed by atoms with van der Waals surface area (Å²) in [5.74, 6) is 3.16. The van der Waals surface area contributed by atoms with Crippen LogP contribution in [0.15, 0.2) is 0 Å². The average molecular weight is 196 g/mol. The molecule has 74 valence electrons. The molecule has 0 aromatic carbocycles. The van der Waals surface area contributed by atoms with E-state index in [1.54, 1.807) is 0 Å². The van der Waals surface area contributed by atoms with Gasteiger partial charge in [0.1, 0.15) is 0 Å². The highest BCUT2D eigenvalue weighted by atomic mass is 28.4. The van der Waals surface area contributed by atoms with E-state index in [2.05, 4.69) is 39.8 Å². The van der Waals surface area contributed by atoms with Gasteiger partial charge in [0.25, 0.3) is 0 Å². The summed E-state index contributed by atoms with van der Waals surface area (Å²) in [6, 6.07) is 0. The zero-order valence-electron chi connectivity index (χ0n) is 9.35. The summed E-state index contributed by atoms with van der Waals surface area (Å²) >= 11 is 0. The molecule has 1 aliphatic rings. The molecule has 1 rings (SSSR count). The van der Waals surface area contributed by atoms with Crippen molar-refractivity contribution in [1.82, 2.24) is 0 Å². The second kappa shape index (κ2) is 3.15. The van der Waals surface area contributed by atoms with Gasteiger partial charge in [0, 0.05) is 5.92 Å². The second-order valence-electron chi connectivity index (χ2n) is 5.43. The number of terminal acetylenes is 1. The summed E-state index contributed by atoms with van der Waals surface area (Å²) < 4.78 is 6.11. The lowest BCUT2D eigenvalue weighted by atomic mass is 10.2. The maximum atomic E-state index is 6.11. The molecule has 0 aromatic rings. The zero-order chi connectivity index (χ0) is 10.3. The molecular weight excluding hydrogens is 176 g/mol. The highest BCUT2D eigenvalue weighted by Crippen LogP contribution is 2.43. The minimum atomic E-state index is -1.56. The van der Waals surface area contributed by atoms with E-state index in [4.69, 9.17) is 10.8 Å². The van der Waals surface area contributed by atoms with Gasteiger partial charge in [0.15, 0.2) is 8.32 Å². The Balaban J connectivity index is 2.50. The fourth-order valence-electron chi connectivity index (χ4n) is 1.03. The Morgan fingerprint density at radius 3 is 2.23 bits per heavy atom. The first-order valence-corrected chi connectivity index (χ1v) is 7.83. The van der Waals surface area contributed by atoms with Crippen LogP contribution in [0.5, 0.6) is 0 Å². The first-order chi connectivity index (χ1) is 5.78. The number of rotatable bonds is 2. The Morgan fingerprint density at radius 2 is 1.92 bits per heavy atom. The van der Waals surface area contributed by atoms with Crippen molar-refractivity contribution in [2.24, 2.45) is 5.92 Å². The van der Waals surface area contributed by atoms with Gasteiger partial charge in [-0.1, -0.05) is 20.8 Å². The molecule has 0 heterocycles. The third-order valence-corrected chi connectivity index (χ3v) is 7.70. The molecule has 0 amide bonds. The van der Waals surface area contributed by atoms with Crippen molar-refractivity contribution >= 4 is 8.32 Å². The molecule has 1 nitrogen and oxygen atoms in total. The Labute approximate surface area is 83.0 Å². The lowest BCUT2D eigenvalue weighted by Crippen LogP contribution is -2.41. The van der Waals surface area contributed by atoms with Crippen LogP contribution in [-0.2, 0) is 4.43 Å². The maximum absolute atomic E-state index is 6.11. The fourth-order valence-corrected chi connectivity index (χ4v) is 2.40. The van der Waals surface area contributed by atoms with Crippen molar-refractivity contribution in [2.75, 3.05) is 0 Å². The first-order valence-electron chi connectivity index (χ1n) is 4.92. The van der Waals surface area contributed by atoms with Crippen molar-refractivity contribution < 1.29 is 4.43 Å². The quantitative estimate of drug-likeness (QED) is 0.487. The Kier molecular flexibility index (Phi) is 2.62. The van der Waals surface area contributed by atoms with Crippen LogP contribution in [0.25, 0.3) is 0 Å². The molecule has 2 heteroatoms. The zero-order valence-corrected chi connectivity index (χ0v) is 10.3. The summed E-state index contributed by atoms with van der Waals surface area (Å²) in [6.45, 7) is 11.3. The molecule has 1 fully saturated rings. The van der Waals surface area contributed by atoms with Crippen LogP contribution >= 0.6 is 0 Å².